The van der Waals surface area contributed by atoms with Crippen LogP contribution in [0.1, 0.15) is 11.3 Å². The molecule has 2 heterocycles. The van der Waals surface area contributed by atoms with Crippen molar-refractivity contribution in [1.29, 1.82) is 0 Å². The second-order valence-corrected chi connectivity index (χ2v) is 9.53. The molecule has 0 saturated carbocycles. The van der Waals surface area contributed by atoms with E-state index >= 15 is 0 Å². The molecule has 4 N–H and O–H groups in total. The fraction of sp³-hybridized carbons (Fsp3) is 0.143. The van der Waals surface area contributed by atoms with Gasteiger partial charge < -0.3 is 24.3 Å². The first-order valence-electron chi connectivity index (χ1n) is 11.8. The predicted molar refractivity (Wildman–Crippen MR) is 145 cm³/mol. The van der Waals surface area contributed by atoms with E-state index in [1.54, 1.807) is 24.3 Å². The maximum atomic E-state index is 13.4. The molecule has 198 valence electrons. The molecule has 0 spiro atoms. The average Bonchev–Trinajstić information content (AvgIpc) is 3.40. The number of anilines is 2. The van der Waals surface area contributed by atoms with Crippen molar-refractivity contribution in [2.75, 3.05) is 17.6 Å². The number of hydrogen-bond donors (Lipinski definition) is 2. The molecule has 0 aliphatic rings. The zero-order chi connectivity index (χ0) is 26.3. The van der Waals surface area contributed by atoms with Crippen LogP contribution in [0.15, 0.2) is 83.5 Å². The molecular weight excluding hydrogens is 745 g/mol. The molecule has 39 heavy (non-hydrogen) atoms. The number of halogens is 1. The summed E-state index contributed by atoms with van der Waals surface area (Å²) in [6.07, 6.45) is 1.51. The van der Waals surface area contributed by atoms with Crippen molar-refractivity contribution in [2.24, 2.45) is 0 Å². The van der Waals surface area contributed by atoms with Crippen molar-refractivity contribution in [1.82, 2.24) is 15.3 Å². The molecular formula is C28H25FN4O4SU. The Hall–Kier alpha value is -3.07. The maximum Gasteiger partial charge on any atom is 0.302 e. The van der Waals surface area contributed by atoms with Crippen molar-refractivity contribution in [3.05, 3.63) is 102 Å². The Morgan fingerprint density at radius 2 is 1.97 bits per heavy atom. The van der Waals surface area contributed by atoms with Gasteiger partial charge in [-0.25, -0.2) is 14.4 Å². The Balaban J connectivity index is 0.00000353. The number of nitrogens with one attached hydrogen (secondary N) is 2. The number of benzene rings is 3. The molecule has 1 unspecified atom stereocenters. The monoisotopic (exact) mass is 770 g/mol. The first-order chi connectivity index (χ1) is 18.5. The number of aromatic nitrogens is 2. The van der Waals surface area contributed by atoms with Gasteiger partial charge in [0.2, 0.25) is 0 Å². The summed E-state index contributed by atoms with van der Waals surface area (Å²) in [6.45, 7) is 1.21. The quantitative estimate of drug-likeness (QED) is 0.115. The summed E-state index contributed by atoms with van der Waals surface area (Å²) in [5.41, 5.74) is 3.17. The summed E-state index contributed by atoms with van der Waals surface area (Å²) in [7, 11) is 0. The van der Waals surface area contributed by atoms with E-state index in [1.807, 2.05) is 36.4 Å². The zero-order valence-electron chi connectivity index (χ0n) is 20.7. The molecule has 8 nitrogen and oxygen atoms in total. The van der Waals surface area contributed by atoms with E-state index in [2.05, 4.69) is 26.7 Å². The van der Waals surface area contributed by atoms with Crippen LogP contribution < -0.4 is 15.4 Å². The average molecular weight is 771 g/mol. The second kappa shape index (κ2) is 13.8. The SMILES string of the molecule is O=S([OH2+])CCNCc1ccc(-c2ccc3ncnc(Nc4c[c-]c(OCc5cccc(F)c5)cc4)c3c2)o1.[U]. The smallest absolute Gasteiger partial charge is 0.302 e. The maximum absolute atomic E-state index is 13.4. The van der Waals surface area contributed by atoms with Crippen LogP contribution in [0.5, 0.6) is 5.75 Å². The third-order valence-corrected chi connectivity index (χ3v) is 6.25. The Morgan fingerprint density at radius 3 is 2.77 bits per heavy atom. The van der Waals surface area contributed by atoms with Crippen LogP contribution in [0, 0.1) is 43.0 Å². The fourth-order valence-electron chi connectivity index (χ4n) is 3.82. The topological polar surface area (TPSA) is 112 Å². The summed E-state index contributed by atoms with van der Waals surface area (Å²) in [4.78, 5) is 8.80. The van der Waals surface area contributed by atoms with Gasteiger partial charge in [0.1, 0.15) is 41.8 Å². The van der Waals surface area contributed by atoms with Gasteiger partial charge in [0, 0.05) is 54.4 Å². The molecule has 0 aliphatic carbocycles. The Labute approximate surface area is 251 Å². The van der Waals surface area contributed by atoms with Gasteiger partial charge in [-0.2, -0.15) is 10.3 Å². The minimum Gasteiger partial charge on any atom is -0.515 e. The van der Waals surface area contributed by atoms with Gasteiger partial charge in [-0.05, 0) is 48.0 Å². The number of furan rings is 1. The van der Waals surface area contributed by atoms with Crippen LogP contribution in [0.4, 0.5) is 15.9 Å². The van der Waals surface area contributed by atoms with Crippen LogP contribution in [0.2, 0.25) is 0 Å². The first-order valence-corrected chi connectivity index (χ1v) is 13.2. The van der Waals surface area contributed by atoms with Gasteiger partial charge in [0.15, 0.2) is 0 Å². The number of fused-ring (bicyclic) bond motifs is 1. The molecule has 0 aliphatic heterocycles. The van der Waals surface area contributed by atoms with Crippen molar-refractivity contribution < 1.29 is 53.4 Å². The minimum absolute atomic E-state index is 0. The van der Waals surface area contributed by atoms with Crippen molar-refractivity contribution in [3.63, 3.8) is 0 Å². The van der Waals surface area contributed by atoms with Crippen molar-refractivity contribution in [2.45, 2.75) is 13.2 Å². The fourth-order valence-corrected chi connectivity index (χ4v) is 4.15. The summed E-state index contributed by atoms with van der Waals surface area (Å²) in [5.74, 6) is 2.61. The molecule has 0 radical (unpaired) electrons. The van der Waals surface area contributed by atoms with Crippen LogP contribution in [-0.2, 0) is 24.2 Å². The molecule has 11 heteroatoms. The van der Waals surface area contributed by atoms with E-state index in [-0.39, 0.29) is 49.3 Å². The van der Waals surface area contributed by atoms with E-state index in [4.69, 9.17) is 13.7 Å². The van der Waals surface area contributed by atoms with Gasteiger partial charge in [-0.15, -0.1) is 18.2 Å². The number of rotatable bonds is 11. The molecule has 5 aromatic rings. The Morgan fingerprint density at radius 1 is 1.08 bits per heavy atom. The number of ether oxygens (including phenoxy) is 1. The summed E-state index contributed by atoms with van der Waals surface area (Å²) >= 11 is -1.57. The molecule has 3 aromatic carbocycles. The zero-order valence-corrected chi connectivity index (χ0v) is 25.7. The van der Waals surface area contributed by atoms with Crippen LogP contribution >= 0.6 is 0 Å². The van der Waals surface area contributed by atoms with Gasteiger partial charge in [0.05, 0.1) is 12.1 Å². The van der Waals surface area contributed by atoms with Crippen LogP contribution in [0.25, 0.3) is 22.2 Å². The van der Waals surface area contributed by atoms with Crippen LogP contribution in [0.3, 0.4) is 0 Å². The molecule has 0 bridgehead atoms. The summed E-state index contributed by atoms with van der Waals surface area (Å²) < 4.78 is 43.0. The van der Waals surface area contributed by atoms with Gasteiger partial charge in [0.25, 0.3) is 0 Å². The third kappa shape index (κ3) is 7.97. The molecule has 1 atom stereocenters. The molecule has 0 fully saturated rings. The van der Waals surface area contributed by atoms with E-state index in [9.17, 15) is 8.60 Å². The molecule has 0 amide bonds. The number of hydrogen-bond acceptors (Lipinski definition) is 7. The van der Waals surface area contributed by atoms with Crippen molar-refractivity contribution >= 4 is 33.5 Å². The van der Waals surface area contributed by atoms with Crippen molar-refractivity contribution in [3.8, 4) is 17.1 Å². The number of nitrogens with zero attached hydrogens (tertiary/aromatic N) is 2. The van der Waals surface area contributed by atoms with E-state index in [1.165, 1.54) is 18.5 Å². The van der Waals surface area contributed by atoms with E-state index < -0.39 is 11.1 Å². The molecule has 0 saturated heterocycles. The molecule has 5 rings (SSSR count). The minimum atomic E-state index is -1.57. The first kappa shape index (κ1) is 28.9. The largest absolute Gasteiger partial charge is 0.515 e. The van der Waals surface area contributed by atoms with Gasteiger partial charge >= 0.3 is 11.1 Å². The standard InChI is InChI=1S/C28H24FN4O4S.U/c29-21-3-1-2-19(14-21)17-36-23-7-5-22(6-8-23)33-28-25-15-20(4-10-26(25)31-18-32-28)27-11-9-24(37-27)16-30-12-13-38(34)35;/h1-7,9-11,14-15,18,30H,12-13,16-17H2,(H,34,35)(H,31,32,33);/q-1;/p+1. The van der Waals surface area contributed by atoms with Gasteiger partial charge in [-0.3, -0.25) is 0 Å². The Bertz CT molecular complexity index is 1570. The third-order valence-electron chi connectivity index (χ3n) is 5.68. The van der Waals surface area contributed by atoms with Gasteiger partial charge in [-0.1, -0.05) is 17.8 Å². The summed E-state index contributed by atoms with van der Waals surface area (Å²) in [6, 6.07) is 24.4. The predicted octanol–water partition coefficient (Wildman–Crippen LogP) is 4.63. The molecule has 2 aromatic heterocycles. The normalized spacial score (nSPS) is 11.6. The second-order valence-electron chi connectivity index (χ2n) is 8.43. The Kier molecular flexibility index (Phi) is 10.3. The van der Waals surface area contributed by atoms with Crippen LogP contribution in [-0.4, -0.2) is 31.0 Å². The van der Waals surface area contributed by atoms with E-state index in [0.717, 1.165) is 33.5 Å². The summed E-state index contributed by atoms with van der Waals surface area (Å²) in [5, 5.41) is 7.26. The van der Waals surface area contributed by atoms with E-state index in [0.29, 0.717) is 30.4 Å².